The normalized spacial score (nSPS) is 11.4. The smallest absolute Gasteiger partial charge is 0.181 e. The van der Waals surface area contributed by atoms with Crippen LogP contribution in [0.25, 0.3) is 20.3 Å². The molecule has 0 spiro atoms. The van der Waals surface area contributed by atoms with Gasteiger partial charge in [-0.25, -0.2) is 4.98 Å². The van der Waals surface area contributed by atoms with E-state index in [0.29, 0.717) is 5.13 Å². The summed E-state index contributed by atoms with van der Waals surface area (Å²) in [6.45, 7) is 0. The third-order valence-corrected chi connectivity index (χ3v) is 3.82. The number of fused-ring (bicyclic) bond motifs is 3. The molecule has 2 nitrogen and oxygen atoms in total. The van der Waals surface area contributed by atoms with Crippen LogP contribution in [0, 0.1) is 0 Å². The van der Waals surface area contributed by atoms with E-state index in [0.717, 1.165) is 5.52 Å². The first kappa shape index (κ1) is 7.29. The summed E-state index contributed by atoms with van der Waals surface area (Å²) in [6, 6.07) is 6.25. The van der Waals surface area contributed by atoms with Crippen molar-refractivity contribution in [3.8, 4) is 0 Å². The van der Waals surface area contributed by atoms with Gasteiger partial charge in [-0.05, 0) is 23.6 Å². The van der Waals surface area contributed by atoms with E-state index in [9.17, 15) is 0 Å². The van der Waals surface area contributed by atoms with Crippen molar-refractivity contribution in [1.82, 2.24) is 4.98 Å². The lowest BCUT2D eigenvalue weighted by molar-refractivity contribution is 1.50. The zero-order valence-electron chi connectivity index (χ0n) is 6.65. The van der Waals surface area contributed by atoms with E-state index < -0.39 is 0 Å². The Morgan fingerprint density at radius 1 is 1.23 bits per heavy atom. The molecule has 3 aromatic rings. The molecule has 0 radical (unpaired) electrons. The van der Waals surface area contributed by atoms with Gasteiger partial charge in [0.15, 0.2) is 5.13 Å². The summed E-state index contributed by atoms with van der Waals surface area (Å²) in [5.41, 5.74) is 6.67. The Bertz CT molecular complexity index is 579. The summed E-state index contributed by atoms with van der Waals surface area (Å²) in [4.78, 5) is 4.24. The molecule has 0 aliphatic heterocycles. The first-order valence-corrected chi connectivity index (χ1v) is 5.56. The van der Waals surface area contributed by atoms with Gasteiger partial charge < -0.3 is 5.73 Å². The topological polar surface area (TPSA) is 38.9 Å². The van der Waals surface area contributed by atoms with E-state index in [-0.39, 0.29) is 0 Å². The van der Waals surface area contributed by atoms with E-state index in [4.69, 9.17) is 5.73 Å². The maximum absolute atomic E-state index is 5.66. The predicted molar refractivity (Wildman–Crippen MR) is 59.4 cm³/mol. The van der Waals surface area contributed by atoms with Crippen LogP contribution in [0.4, 0.5) is 5.13 Å². The number of thiophene rings is 1. The average molecular weight is 206 g/mol. The standard InChI is InChI=1S/C9H6N2S2/c10-9-11-6-1-2-7-5(3-4-12-7)8(6)13-9/h1-4H,(H2,10,11). The highest BCUT2D eigenvalue weighted by atomic mass is 32.1. The van der Waals surface area contributed by atoms with Crippen molar-refractivity contribution in [2.45, 2.75) is 0 Å². The van der Waals surface area contributed by atoms with Gasteiger partial charge in [-0.2, -0.15) is 0 Å². The highest BCUT2D eigenvalue weighted by Crippen LogP contribution is 2.33. The monoisotopic (exact) mass is 206 g/mol. The summed E-state index contributed by atoms with van der Waals surface area (Å²) in [5, 5.41) is 4.02. The number of nitrogens with zero attached hydrogens (tertiary/aromatic N) is 1. The Hall–Kier alpha value is -1.13. The molecule has 1 aromatic carbocycles. The Labute approximate surface area is 82.6 Å². The van der Waals surface area contributed by atoms with Gasteiger partial charge in [0.2, 0.25) is 0 Å². The second-order valence-electron chi connectivity index (χ2n) is 2.80. The van der Waals surface area contributed by atoms with Gasteiger partial charge in [-0.3, -0.25) is 0 Å². The third-order valence-electron chi connectivity index (χ3n) is 2.00. The first-order valence-electron chi connectivity index (χ1n) is 3.87. The molecular weight excluding hydrogens is 200 g/mol. The molecule has 0 amide bonds. The summed E-state index contributed by atoms with van der Waals surface area (Å²) in [6.07, 6.45) is 0. The summed E-state index contributed by atoms with van der Waals surface area (Å²) in [7, 11) is 0. The van der Waals surface area contributed by atoms with Crippen LogP contribution in [-0.4, -0.2) is 4.98 Å². The van der Waals surface area contributed by atoms with Crippen molar-refractivity contribution in [1.29, 1.82) is 0 Å². The number of hydrogen-bond acceptors (Lipinski definition) is 4. The van der Waals surface area contributed by atoms with Crippen molar-refractivity contribution >= 4 is 48.1 Å². The molecule has 0 fully saturated rings. The molecule has 64 valence electrons. The lowest BCUT2D eigenvalue weighted by Crippen LogP contribution is -1.78. The molecule has 0 aliphatic carbocycles. The zero-order valence-corrected chi connectivity index (χ0v) is 8.28. The number of aromatic nitrogens is 1. The van der Waals surface area contributed by atoms with Crippen molar-refractivity contribution in [2.24, 2.45) is 0 Å². The van der Waals surface area contributed by atoms with Gasteiger partial charge in [-0.1, -0.05) is 11.3 Å². The number of anilines is 1. The van der Waals surface area contributed by atoms with Gasteiger partial charge >= 0.3 is 0 Å². The van der Waals surface area contributed by atoms with Crippen LogP contribution in [0.3, 0.4) is 0 Å². The summed E-state index contributed by atoms with van der Waals surface area (Å²) in [5.74, 6) is 0. The molecule has 0 saturated heterocycles. The largest absolute Gasteiger partial charge is 0.375 e. The number of nitrogens with two attached hydrogens (primary N) is 1. The maximum Gasteiger partial charge on any atom is 0.181 e. The molecule has 2 aromatic heterocycles. The number of thiazole rings is 1. The van der Waals surface area contributed by atoms with Crippen LogP contribution in [0.15, 0.2) is 23.6 Å². The Kier molecular flexibility index (Phi) is 1.36. The fourth-order valence-electron chi connectivity index (χ4n) is 1.45. The van der Waals surface area contributed by atoms with E-state index in [2.05, 4.69) is 22.5 Å². The van der Waals surface area contributed by atoms with Gasteiger partial charge in [0.25, 0.3) is 0 Å². The highest BCUT2D eigenvalue weighted by molar-refractivity contribution is 7.24. The fraction of sp³-hybridized carbons (Fsp3) is 0. The Morgan fingerprint density at radius 2 is 2.15 bits per heavy atom. The van der Waals surface area contributed by atoms with E-state index in [1.165, 1.54) is 14.8 Å². The number of nitrogen functional groups attached to an aromatic ring is 1. The van der Waals surface area contributed by atoms with Crippen molar-refractivity contribution in [2.75, 3.05) is 5.73 Å². The number of benzene rings is 1. The van der Waals surface area contributed by atoms with Gasteiger partial charge in [0, 0.05) is 10.1 Å². The molecule has 0 aliphatic rings. The van der Waals surface area contributed by atoms with Gasteiger partial charge in [0.05, 0.1) is 10.2 Å². The van der Waals surface area contributed by atoms with Crippen molar-refractivity contribution in [3.05, 3.63) is 23.6 Å². The maximum atomic E-state index is 5.66. The minimum Gasteiger partial charge on any atom is -0.375 e. The lowest BCUT2D eigenvalue weighted by atomic mass is 10.2. The predicted octanol–water partition coefficient (Wildman–Crippen LogP) is 3.09. The Morgan fingerprint density at radius 3 is 3.08 bits per heavy atom. The average Bonchev–Trinajstić information content (AvgIpc) is 2.65. The Balaban J connectivity index is 2.64. The van der Waals surface area contributed by atoms with E-state index >= 15 is 0 Å². The first-order chi connectivity index (χ1) is 6.34. The third kappa shape index (κ3) is 0.959. The molecule has 2 heterocycles. The van der Waals surface area contributed by atoms with Crippen molar-refractivity contribution in [3.63, 3.8) is 0 Å². The van der Waals surface area contributed by atoms with Crippen LogP contribution in [-0.2, 0) is 0 Å². The van der Waals surface area contributed by atoms with Gasteiger partial charge in [-0.15, -0.1) is 11.3 Å². The van der Waals surface area contributed by atoms with Crippen LogP contribution in [0.2, 0.25) is 0 Å². The highest BCUT2D eigenvalue weighted by Gasteiger charge is 2.05. The molecular formula is C9H6N2S2. The zero-order chi connectivity index (χ0) is 8.84. The minimum absolute atomic E-state index is 0.647. The second kappa shape index (κ2) is 2.43. The van der Waals surface area contributed by atoms with Crippen molar-refractivity contribution < 1.29 is 0 Å². The molecule has 13 heavy (non-hydrogen) atoms. The quantitative estimate of drug-likeness (QED) is 0.614. The lowest BCUT2D eigenvalue weighted by Gasteiger charge is -1.88. The van der Waals surface area contributed by atoms with Crippen LogP contribution < -0.4 is 5.73 Å². The number of rotatable bonds is 0. The molecule has 0 bridgehead atoms. The SMILES string of the molecule is Nc1nc2ccc3sccc3c2s1. The second-order valence-corrected chi connectivity index (χ2v) is 4.78. The molecule has 0 unspecified atom stereocenters. The minimum atomic E-state index is 0.647. The molecule has 0 atom stereocenters. The molecule has 4 heteroatoms. The van der Waals surface area contributed by atoms with E-state index in [1.54, 1.807) is 22.7 Å². The molecule has 0 saturated carbocycles. The van der Waals surface area contributed by atoms with Crippen LogP contribution in [0.5, 0.6) is 0 Å². The van der Waals surface area contributed by atoms with Crippen LogP contribution in [0.1, 0.15) is 0 Å². The van der Waals surface area contributed by atoms with E-state index in [1.807, 2.05) is 6.07 Å². The molecule has 3 rings (SSSR count). The number of hydrogen-bond donors (Lipinski definition) is 1. The summed E-state index contributed by atoms with van der Waals surface area (Å²) < 4.78 is 2.51. The van der Waals surface area contributed by atoms with Crippen LogP contribution >= 0.6 is 22.7 Å². The fourth-order valence-corrected chi connectivity index (χ4v) is 3.17. The van der Waals surface area contributed by atoms with Gasteiger partial charge in [0.1, 0.15) is 0 Å². The molecule has 2 N–H and O–H groups in total. The summed E-state index contributed by atoms with van der Waals surface area (Å²) >= 11 is 3.31.